The third-order valence-electron chi connectivity index (χ3n) is 5.54. The van der Waals surface area contributed by atoms with Gasteiger partial charge in [0.25, 0.3) is 11.6 Å². The molecule has 0 aliphatic carbocycles. The van der Waals surface area contributed by atoms with Gasteiger partial charge in [-0.05, 0) is 86.3 Å². The number of carbonyl (C=O) groups is 1. The summed E-state index contributed by atoms with van der Waals surface area (Å²) < 4.78 is 17.2. The number of rotatable bonds is 8. The second-order valence-corrected chi connectivity index (χ2v) is 8.65. The first-order valence-electron chi connectivity index (χ1n) is 11.3. The lowest BCUT2D eigenvalue weighted by Gasteiger charge is -2.10. The van der Waals surface area contributed by atoms with Crippen molar-refractivity contribution in [3.63, 3.8) is 0 Å². The number of nitrogens with one attached hydrogen (secondary N) is 1. The molecule has 0 spiro atoms. The number of amides is 1. The third kappa shape index (κ3) is 6.09. The summed E-state index contributed by atoms with van der Waals surface area (Å²) in [6, 6.07) is 18.7. The van der Waals surface area contributed by atoms with Crippen molar-refractivity contribution in [2.24, 2.45) is 0 Å². The van der Waals surface area contributed by atoms with Gasteiger partial charge in [0.05, 0.1) is 16.7 Å². The number of carbonyl (C=O) groups excluding carboxylic acids is 1. The maximum absolute atomic E-state index is 12.8. The van der Waals surface area contributed by atoms with Crippen LogP contribution in [0.4, 0.5) is 11.4 Å². The standard InChI is InChI=1S/C28H26N2O6/c1-17-9-18(2)11-25(10-17)35-26-14-21(13-22(15-26)30(32)33)29-28(31)27-8-7-24(36-27)16-34-23-6-5-19(3)20(4)12-23/h5-15H,16H2,1-4H3,(H,29,31). The van der Waals surface area contributed by atoms with E-state index in [0.29, 0.717) is 17.3 Å². The number of nitro groups is 1. The van der Waals surface area contributed by atoms with Crippen molar-refractivity contribution in [2.45, 2.75) is 34.3 Å². The van der Waals surface area contributed by atoms with Crippen LogP contribution in [-0.2, 0) is 6.61 Å². The molecular weight excluding hydrogens is 460 g/mol. The Kier molecular flexibility index (Phi) is 7.05. The monoisotopic (exact) mass is 486 g/mol. The van der Waals surface area contributed by atoms with Gasteiger partial charge in [-0.1, -0.05) is 12.1 Å². The van der Waals surface area contributed by atoms with Crippen LogP contribution < -0.4 is 14.8 Å². The number of ether oxygens (including phenoxy) is 2. The highest BCUT2D eigenvalue weighted by atomic mass is 16.6. The van der Waals surface area contributed by atoms with E-state index in [-0.39, 0.29) is 29.5 Å². The first-order chi connectivity index (χ1) is 17.2. The molecule has 0 aliphatic rings. The Balaban J connectivity index is 1.47. The van der Waals surface area contributed by atoms with Gasteiger partial charge in [-0.2, -0.15) is 0 Å². The fourth-order valence-corrected chi connectivity index (χ4v) is 3.68. The van der Waals surface area contributed by atoms with Gasteiger partial charge in [0, 0.05) is 12.1 Å². The van der Waals surface area contributed by atoms with Crippen molar-refractivity contribution in [2.75, 3.05) is 5.32 Å². The number of nitro benzene ring substituents is 1. The molecule has 0 aliphatic heterocycles. The van der Waals surface area contributed by atoms with Gasteiger partial charge in [-0.15, -0.1) is 0 Å². The van der Waals surface area contributed by atoms with Crippen molar-refractivity contribution in [1.82, 2.24) is 0 Å². The molecule has 0 radical (unpaired) electrons. The van der Waals surface area contributed by atoms with Crippen molar-refractivity contribution >= 4 is 17.3 Å². The molecule has 8 nitrogen and oxygen atoms in total. The number of benzene rings is 3. The molecule has 0 unspecified atom stereocenters. The number of hydrogen-bond donors (Lipinski definition) is 1. The largest absolute Gasteiger partial charge is 0.486 e. The zero-order valence-corrected chi connectivity index (χ0v) is 20.5. The van der Waals surface area contributed by atoms with Crippen LogP contribution in [0.5, 0.6) is 17.2 Å². The summed E-state index contributed by atoms with van der Waals surface area (Å²) >= 11 is 0. The minimum Gasteiger partial charge on any atom is -0.486 e. The molecule has 0 bridgehead atoms. The highest BCUT2D eigenvalue weighted by Crippen LogP contribution is 2.31. The fraction of sp³-hybridized carbons (Fsp3) is 0.179. The molecule has 0 atom stereocenters. The topological polar surface area (TPSA) is 104 Å². The van der Waals surface area contributed by atoms with E-state index in [0.717, 1.165) is 16.7 Å². The summed E-state index contributed by atoms with van der Waals surface area (Å²) in [4.78, 5) is 23.7. The lowest BCUT2D eigenvalue weighted by molar-refractivity contribution is -0.384. The molecular formula is C28H26N2O6. The molecule has 1 N–H and O–H groups in total. The molecule has 3 aromatic carbocycles. The minimum absolute atomic E-state index is 0.0528. The van der Waals surface area contributed by atoms with Crippen molar-refractivity contribution in [3.05, 3.63) is 111 Å². The zero-order chi connectivity index (χ0) is 25.8. The predicted octanol–water partition coefficient (Wildman–Crippen LogP) is 7.05. The predicted molar refractivity (Wildman–Crippen MR) is 136 cm³/mol. The molecule has 0 saturated carbocycles. The summed E-state index contributed by atoms with van der Waals surface area (Å²) in [5, 5.41) is 14.1. The molecule has 1 aromatic heterocycles. The summed E-state index contributed by atoms with van der Waals surface area (Å²) in [5.74, 6) is 1.45. The highest BCUT2D eigenvalue weighted by molar-refractivity contribution is 6.02. The summed E-state index contributed by atoms with van der Waals surface area (Å²) in [6.07, 6.45) is 0. The zero-order valence-electron chi connectivity index (χ0n) is 20.5. The van der Waals surface area contributed by atoms with Crippen LogP contribution in [0.3, 0.4) is 0 Å². The van der Waals surface area contributed by atoms with Gasteiger partial charge >= 0.3 is 0 Å². The molecule has 8 heteroatoms. The number of hydrogen-bond acceptors (Lipinski definition) is 6. The lowest BCUT2D eigenvalue weighted by atomic mass is 10.1. The van der Waals surface area contributed by atoms with Gasteiger partial charge in [0.15, 0.2) is 5.76 Å². The normalized spacial score (nSPS) is 10.7. The SMILES string of the molecule is Cc1cc(C)cc(Oc2cc(NC(=O)c3ccc(COc4ccc(C)c(C)c4)o3)cc([N+](=O)[O-])c2)c1. The maximum atomic E-state index is 12.8. The molecule has 36 heavy (non-hydrogen) atoms. The minimum atomic E-state index is -0.551. The second kappa shape index (κ2) is 10.4. The van der Waals surface area contributed by atoms with Crippen LogP contribution in [0.1, 0.15) is 38.6 Å². The van der Waals surface area contributed by atoms with Crippen LogP contribution >= 0.6 is 0 Å². The Labute approximate surface area is 208 Å². The van der Waals surface area contributed by atoms with E-state index in [4.69, 9.17) is 13.9 Å². The Morgan fingerprint density at radius 3 is 2.28 bits per heavy atom. The third-order valence-corrected chi connectivity index (χ3v) is 5.54. The van der Waals surface area contributed by atoms with Crippen LogP contribution in [-0.4, -0.2) is 10.8 Å². The fourth-order valence-electron chi connectivity index (χ4n) is 3.68. The Morgan fingerprint density at radius 2 is 1.58 bits per heavy atom. The Hall–Kier alpha value is -4.59. The Bertz CT molecular complexity index is 1420. The lowest BCUT2D eigenvalue weighted by Crippen LogP contribution is -2.11. The van der Waals surface area contributed by atoms with E-state index in [2.05, 4.69) is 5.32 Å². The van der Waals surface area contributed by atoms with Gasteiger partial charge < -0.3 is 19.2 Å². The highest BCUT2D eigenvalue weighted by Gasteiger charge is 2.16. The molecule has 0 saturated heterocycles. The first kappa shape index (κ1) is 24.5. The quantitative estimate of drug-likeness (QED) is 0.211. The summed E-state index contributed by atoms with van der Waals surface area (Å²) in [7, 11) is 0. The number of anilines is 1. The van der Waals surface area contributed by atoms with E-state index in [1.165, 1.54) is 29.8 Å². The average molecular weight is 487 g/mol. The number of non-ortho nitro benzene ring substituents is 1. The van der Waals surface area contributed by atoms with Crippen molar-refractivity contribution in [1.29, 1.82) is 0 Å². The second-order valence-electron chi connectivity index (χ2n) is 8.65. The van der Waals surface area contributed by atoms with Crippen LogP contribution in [0.25, 0.3) is 0 Å². The van der Waals surface area contributed by atoms with Crippen LogP contribution in [0.2, 0.25) is 0 Å². The van der Waals surface area contributed by atoms with Crippen molar-refractivity contribution in [3.8, 4) is 17.2 Å². The van der Waals surface area contributed by atoms with Crippen LogP contribution in [0, 0.1) is 37.8 Å². The molecule has 4 aromatic rings. The van der Waals surface area contributed by atoms with E-state index in [1.54, 1.807) is 6.07 Å². The van der Waals surface area contributed by atoms with Crippen molar-refractivity contribution < 1.29 is 23.6 Å². The van der Waals surface area contributed by atoms with Crippen LogP contribution in [0.15, 0.2) is 71.1 Å². The first-order valence-corrected chi connectivity index (χ1v) is 11.3. The molecule has 1 amide bonds. The summed E-state index contributed by atoms with van der Waals surface area (Å²) in [6.45, 7) is 8.05. The molecule has 0 fully saturated rings. The molecule has 4 rings (SSSR count). The maximum Gasteiger partial charge on any atom is 0.291 e. The number of aryl methyl sites for hydroxylation is 4. The molecule has 184 valence electrons. The summed E-state index contributed by atoms with van der Waals surface area (Å²) in [5.41, 5.74) is 4.28. The van der Waals surface area contributed by atoms with E-state index in [9.17, 15) is 14.9 Å². The van der Waals surface area contributed by atoms with Gasteiger partial charge in [0.1, 0.15) is 29.6 Å². The van der Waals surface area contributed by atoms with E-state index >= 15 is 0 Å². The van der Waals surface area contributed by atoms with Gasteiger partial charge in [0.2, 0.25) is 0 Å². The smallest absolute Gasteiger partial charge is 0.291 e. The number of furan rings is 1. The van der Waals surface area contributed by atoms with E-state index < -0.39 is 10.8 Å². The Morgan fingerprint density at radius 1 is 0.861 bits per heavy atom. The van der Waals surface area contributed by atoms with Gasteiger partial charge in [-0.3, -0.25) is 14.9 Å². The van der Waals surface area contributed by atoms with E-state index in [1.807, 2.05) is 64.1 Å². The molecule has 1 heterocycles. The average Bonchev–Trinajstić information content (AvgIpc) is 3.28. The number of nitrogens with zero attached hydrogens (tertiary/aromatic N) is 1. The van der Waals surface area contributed by atoms with Gasteiger partial charge in [-0.25, -0.2) is 0 Å².